The number of aromatic nitrogens is 3. The lowest BCUT2D eigenvalue weighted by molar-refractivity contribution is 0.183. The number of hydrogen-bond donors (Lipinski definition) is 0. The van der Waals surface area contributed by atoms with Crippen LogP contribution in [0.5, 0.6) is 0 Å². The van der Waals surface area contributed by atoms with Gasteiger partial charge in [-0.2, -0.15) is 0 Å². The summed E-state index contributed by atoms with van der Waals surface area (Å²) < 4.78 is 2.36. The van der Waals surface area contributed by atoms with Crippen molar-refractivity contribution in [2.45, 2.75) is 52.0 Å². The molecular weight excluding hydrogens is 270 g/mol. The molecule has 1 atom stereocenters. The number of aryl methyl sites for hydroxylation is 1. The van der Waals surface area contributed by atoms with Gasteiger partial charge in [-0.1, -0.05) is 20.3 Å². The normalized spacial score (nSPS) is 22.2. The third-order valence-electron chi connectivity index (χ3n) is 4.38. The maximum absolute atomic E-state index is 5.96. The lowest BCUT2D eigenvalue weighted by Gasteiger charge is -2.36. The van der Waals surface area contributed by atoms with E-state index in [0.29, 0.717) is 17.3 Å². The molecule has 0 aliphatic heterocycles. The van der Waals surface area contributed by atoms with Crippen LogP contribution in [0.15, 0.2) is 18.3 Å². The van der Waals surface area contributed by atoms with E-state index in [4.69, 9.17) is 16.6 Å². The van der Waals surface area contributed by atoms with E-state index in [1.165, 1.54) is 25.7 Å². The zero-order valence-corrected chi connectivity index (χ0v) is 13.0. The number of rotatable bonds is 3. The Morgan fingerprint density at radius 1 is 1.45 bits per heavy atom. The summed E-state index contributed by atoms with van der Waals surface area (Å²) in [7, 11) is 0. The van der Waals surface area contributed by atoms with Gasteiger partial charge in [-0.05, 0) is 36.8 Å². The van der Waals surface area contributed by atoms with E-state index in [1.54, 1.807) is 0 Å². The van der Waals surface area contributed by atoms with Gasteiger partial charge in [-0.25, -0.2) is 9.97 Å². The van der Waals surface area contributed by atoms with Crippen LogP contribution in [0.1, 0.15) is 51.4 Å². The van der Waals surface area contributed by atoms with Crippen LogP contribution < -0.4 is 0 Å². The van der Waals surface area contributed by atoms with Crippen LogP contribution in [0.25, 0.3) is 11.2 Å². The monoisotopic (exact) mass is 291 g/mol. The molecule has 0 spiro atoms. The van der Waals surface area contributed by atoms with Crippen LogP contribution in [0.4, 0.5) is 0 Å². The average molecular weight is 292 g/mol. The van der Waals surface area contributed by atoms with Crippen molar-refractivity contribution in [1.82, 2.24) is 14.5 Å². The summed E-state index contributed by atoms with van der Waals surface area (Å²) in [4.78, 5) is 9.31. The highest BCUT2D eigenvalue weighted by atomic mass is 35.5. The van der Waals surface area contributed by atoms with Gasteiger partial charge in [0.1, 0.15) is 11.3 Å². The molecule has 20 heavy (non-hydrogen) atoms. The first kappa shape index (κ1) is 13.9. The minimum Gasteiger partial charge on any atom is -0.310 e. The first-order valence-corrected chi connectivity index (χ1v) is 8.02. The molecule has 0 aromatic carbocycles. The molecule has 1 aliphatic rings. The van der Waals surface area contributed by atoms with Gasteiger partial charge in [-0.15, -0.1) is 11.6 Å². The van der Waals surface area contributed by atoms with Gasteiger partial charge in [0.15, 0.2) is 5.65 Å². The summed E-state index contributed by atoms with van der Waals surface area (Å²) in [6.45, 7) is 4.74. The topological polar surface area (TPSA) is 30.7 Å². The molecule has 2 aromatic rings. The second kappa shape index (κ2) is 5.36. The summed E-state index contributed by atoms with van der Waals surface area (Å²) in [6, 6.07) is 4.51. The van der Waals surface area contributed by atoms with E-state index < -0.39 is 0 Å². The van der Waals surface area contributed by atoms with Crippen molar-refractivity contribution in [2.75, 3.05) is 5.88 Å². The minimum absolute atomic E-state index is 0.409. The van der Waals surface area contributed by atoms with E-state index in [0.717, 1.165) is 23.4 Å². The summed E-state index contributed by atoms with van der Waals surface area (Å²) in [5.41, 5.74) is 2.43. The van der Waals surface area contributed by atoms with Gasteiger partial charge >= 0.3 is 0 Å². The molecule has 1 fully saturated rings. The number of alkyl halides is 1. The summed E-state index contributed by atoms with van der Waals surface area (Å²) in [5.74, 6) is 1.70. The summed E-state index contributed by atoms with van der Waals surface area (Å²) in [5, 5.41) is 0. The van der Waals surface area contributed by atoms with Gasteiger partial charge in [0.25, 0.3) is 0 Å². The maximum atomic E-state index is 5.96. The number of pyridine rings is 1. The molecule has 2 aromatic heterocycles. The first-order chi connectivity index (χ1) is 9.61. The first-order valence-electron chi connectivity index (χ1n) is 7.48. The standard InChI is InChI=1S/C16H22ClN3/c1-16(2)8-3-5-12(11-16)20-14(7-9-17)19-13-6-4-10-18-15(13)20/h4,6,10,12H,3,5,7-9,11H2,1-2H3. The van der Waals surface area contributed by atoms with Gasteiger partial charge in [0.05, 0.1) is 0 Å². The molecular formula is C16H22ClN3. The van der Waals surface area contributed by atoms with E-state index in [-0.39, 0.29) is 0 Å². The molecule has 1 unspecified atom stereocenters. The van der Waals surface area contributed by atoms with Crippen molar-refractivity contribution in [1.29, 1.82) is 0 Å². The fraction of sp³-hybridized carbons (Fsp3) is 0.625. The second-order valence-electron chi connectivity index (χ2n) is 6.60. The van der Waals surface area contributed by atoms with E-state index >= 15 is 0 Å². The molecule has 0 amide bonds. The summed E-state index contributed by atoms with van der Waals surface area (Å²) >= 11 is 5.96. The predicted octanol–water partition coefficient (Wildman–Crippen LogP) is 4.35. The Morgan fingerprint density at radius 3 is 3.05 bits per heavy atom. The fourth-order valence-electron chi connectivity index (χ4n) is 3.50. The van der Waals surface area contributed by atoms with Crippen molar-refractivity contribution in [3.05, 3.63) is 24.2 Å². The zero-order chi connectivity index (χ0) is 14.2. The lowest BCUT2D eigenvalue weighted by Crippen LogP contribution is -2.26. The number of nitrogens with zero attached hydrogens (tertiary/aromatic N) is 3. The molecule has 0 saturated heterocycles. The Hall–Kier alpha value is -1.09. The third kappa shape index (κ3) is 2.56. The summed E-state index contributed by atoms with van der Waals surface area (Å²) in [6.07, 6.45) is 7.69. The molecule has 3 nitrogen and oxygen atoms in total. The van der Waals surface area contributed by atoms with E-state index in [2.05, 4.69) is 23.4 Å². The van der Waals surface area contributed by atoms with E-state index in [1.807, 2.05) is 18.3 Å². The molecule has 1 saturated carbocycles. The SMILES string of the molecule is CC1(C)CCCC(n2c(CCCl)nc3cccnc32)C1. The quantitative estimate of drug-likeness (QED) is 0.787. The van der Waals surface area contributed by atoms with Crippen molar-refractivity contribution in [2.24, 2.45) is 5.41 Å². The highest BCUT2D eigenvalue weighted by Gasteiger charge is 2.31. The Bertz CT molecular complexity index is 603. The van der Waals surface area contributed by atoms with Gasteiger partial charge in [-0.3, -0.25) is 0 Å². The molecule has 108 valence electrons. The van der Waals surface area contributed by atoms with Gasteiger partial charge in [0.2, 0.25) is 0 Å². The van der Waals surface area contributed by atoms with Crippen LogP contribution >= 0.6 is 11.6 Å². The zero-order valence-electron chi connectivity index (χ0n) is 12.3. The van der Waals surface area contributed by atoms with Crippen molar-refractivity contribution in [3.8, 4) is 0 Å². The number of hydrogen-bond acceptors (Lipinski definition) is 2. The lowest BCUT2D eigenvalue weighted by atomic mass is 9.75. The van der Waals surface area contributed by atoms with Crippen LogP contribution in [-0.2, 0) is 6.42 Å². The molecule has 0 bridgehead atoms. The average Bonchev–Trinajstić information content (AvgIpc) is 2.76. The molecule has 1 aliphatic carbocycles. The van der Waals surface area contributed by atoms with Crippen LogP contribution in [0.2, 0.25) is 0 Å². The van der Waals surface area contributed by atoms with Gasteiger partial charge in [0, 0.05) is 24.5 Å². The van der Waals surface area contributed by atoms with Crippen LogP contribution in [0.3, 0.4) is 0 Å². The highest BCUT2D eigenvalue weighted by Crippen LogP contribution is 2.42. The van der Waals surface area contributed by atoms with Crippen molar-refractivity contribution < 1.29 is 0 Å². The molecule has 2 heterocycles. The number of halogens is 1. The number of imidazole rings is 1. The Labute approximate surface area is 125 Å². The Morgan fingerprint density at radius 2 is 2.30 bits per heavy atom. The molecule has 3 rings (SSSR count). The Kier molecular flexibility index (Phi) is 3.72. The Balaban J connectivity index is 2.06. The van der Waals surface area contributed by atoms with Crippen molar-refractivity contribution >= 4 is 22.8 Å². The van der Waals surface area contributed by atoms with Crippen LogP contribution in [0, 0.1) is 5.41 Å². The van der Waals surface area contributed by atoms with Crippen LogP contribution in [-0.4, -0.2) is 20.4 Å². The fourth-order valence-corrected chi connectivity index (χ4v) is 3.67. The van der Waals surface area contributed by atoms with Gasteiger partial charge < -0.3 is 4.57 Å². The smallest absolute Gasteiger partial charge is 0.160 e. The molecule has 0 radical (unpaired) electrons. The van der Waals surface area contributed by atoms with Crippen molar-refractivity contribution in [3.63, 3.8) is 0 Å². The second-order valence-corrected chi connectivity index (χ2v) is 6.98. The predicted molar refractivity (Wildman–Crippen MR) is 83.2 cm³/mol. The minimum atomic E-state index is 0.409. The largest absolute Gasteiger partial charge is 0.310 e. The molecule has 4 heteroatoms. The maximum Gasteiger partial charge on any atom is 0.160 e. The van der Waals surface area contributed by atoms with E-state index in [9.17, 15) is 0 Å². The molecule has 0 N–H and O–H groups in total. The number of fused-ring (bicyclic) bond motifs is 1. The third-order valence-corrected chi connectivity index (χ3v) is 4.57. The highest BCUT2D eigenvalue weighted by molar-refractivity contribution is 6.17.